The zero-order valence-corrected chi connectivity index (χ0v) is 21.0. The first kappa shape index (κ1) is 23.9. The molecule has 0 saturated carbocycles. The van der Waals surface area contributed by atoms with Crippen molar-refractivity contribution in [3.8, 4) is 11.4 Å². The summed E-state index contributed by atoms with van der Waals surface area (Å²) in [6.07, 6.45) is 0. The van der Waals surface area contributed by atoms with E-state index in [-0.39, 0.29) is 17.0 Å². The Morgan fingerprint density at radius 2 is 1.85 bits per heavy atom. The molecule has 0 unspecified atom stereocenters. The van der Waals surface area contributed by atoms with Crippen LogP contribution in [0.15, 0.2) is 59.1 Å². The van der Waals surface area contributed by atoms with Crippen LogP contribution in [0, 0.1) is 5.82 Å². The van der Waals surface area contributed by atoms with Crippen LogP contribution in [-0.4, -0.2) is 25.8 Å². The van der Waals surface area contributed by atoms with Crippen molar-refractivity contribution >= 4 is 39.8 Å². The van der Waals surface area contributed by atoms with Gasteiger partial charge >= 0.3 is 0 Å². The summed E-state index contributed by atoms with van der Waals surface area (Å²) in [6.45, 7) is 7.88. The molecule has 4 rings (SSSR count). The Kier molecular flexibility index (Phi) is 6.72. The van der Waals surface area contributed by atoms with Gasteiger partial charge in [0.2, 0.25) is 11.1 Å². The first-order chi connectivity index (χ1) is 16.1. The lowest BCUT2D eigenvalue weighted by atomic mass is 9.87. The molecule has 0 aliphatic carbocycles. The van der Waals surface area contributed by atoms with Gasteiger partial charge in [-0.1, -0.05) is 68.9 Å². The largest absolute Gasteiger partial charge is 0.335 e. The third-order valence-electron chi connectivity index (χ3n) is 5.16. The topological polar surface area (TPSA) is 89.9 Å². The Morgan fingerprint density at radius 1 is 1.15 bits per heavy atom. The molecule has 7 nitrogen and oxygen atoms in total. The number of nitrogens with zero attached hydrogens (tertiary/aromatic N) is 5. The molecule has 2 aromatic heterocycles. The smallest absolute Gasteiger partial charge is 0.230 e. The Bertz CT molecular complexity index is 1310. The van der Waals surface area contributed by atoms with Crippen molar-refractivity contribution in [1.29, 1.82) is 0 Å². The minimum absolute atomic E-state index is 0.0621. The van der Waals surface area contributed by atoms with E-state index in [1.165, 1.54) is 51.2 Å². The van der Waals surface area contributed by atoms with Crippen LogP contribution in [0.4, 0.5) is 15.2 Å². The van der Waals surface area contributed by atoms with Gasteiger partial charge in [-0.05, 0) is 23.1 Å². The van der Waals surface area contributed by atoms with E-state index in [0.29, 0.717) is 21.9 Å². The highest BCUT2D eigenvalue weighted by Gasteiger charge is 2.21. The number of amides is 1. The Labute approximate surface area is 205 Å². The molecule has 1 amide bonds. The van der Waals surface area contributed by atoms with Crippen LogP contribution in [0.25, 0.3) is 11.4 Å². The summed E-state index contributed by atoms with van der Waals surface area (Å²) in [5, 5.41) is 11.3. The van der Waals surface area contributed by atoms with Gasteiger partial charge in [0.15, 0.2) is 11.0 Å². The lowest BCUT2D eigenvalue weighted by Crippen LogP contribution is -2.23. The molecule has 0 bridgehead atoms. The van der Waals surface area contributed by atoms with Gasteiger partial charge in [0, 0.05) is 23.6 Å². The van der Waals surface area contributed by atoms with E-state index in [0.717, 1.165) is 11.3 Å². The number of benzene rings is 2. The Hall–Kier alpha value is -3.24. The Balaban J connectivity index is 1.49. The number of nitrogen functional groups attached to an aromatic ring is 1. The molecule has 2 N–H and O–H groups in total. The van der Waals surface area contributed by atoms with Crippen LogP contribution in [0.5, 0.6) is 0 Å². The highest BCUT2D eigenvalue weighted by Crippen LogP contribution is 2.33. The van der Waals surface area contributed by atoms with E-state index in [4.69, 9.17) is 5.84 Å². The molecule has 0 saturated heterocycles. The number of aromatic nitrogens is 4. The van der Waals surface area contributed by atoms with Gasteiger partial charge in [0.25, 0.3) is 0 Å². The molecule has 4 aromatic rings. The van der Waals surface area contributed by atoms with Gasteiger partial charge in [0.1, 0.15) is 5.82 Å². The molecule has 0 spiro atoms. The van der Waals surface area contributed by atoms with Crippen LogP contribution < -0.4 is 10.7 Å². The van der Waals surface area contributed by atoms with E-state index in [2.05, 4.69) is 48.1 Å². The molecule has 176 valence electrons. The second kappa shape index (κ2) is 9.55. The molecule has 34 heavy (non-hydrogen) atoms. The summed E-state index contributed by atoms with van der Waals surface area (Å²) in [5.74, 6) is 6.51. The van der Waals surface area contributed by atoms with Gasteiger partial charge in [0.05, 0.1) is 11.4 Å². The first-order valence-electron chi connectivity index (χ1n) is 10.6. The molecular weight excluding hydrogens is 471 g/mol. The second-order valence-corrected chi connectivity index (χ2v) is 10.5. The summed E-state index contributed by atoms with van der Waals surface area (Å²) < 4.78 is 15.7. The van der Waals surface area contributed by atoms with E-state index < -0.39 is 5.82 Å². The van der Waals surface area contributed by atoms with Crippen molar-refractivity contribution in [3.05, 3.63) is 71.0 Å². The SMILES string of the molecule is CC(=O)N(c1nc(CSc2nnc(-c3ccc(C(C)(C)C)cc3)n2N)cs1)c1ccccc1F. The molecular formula is C24H25FN6OS2. The van der Waals surface area contributed by atoms with Crippen molar-refractivity contribution in [2.24, 2.45) is 0 Å². The van der Waals surface area contributed by atoms with E-state index in [1.54, 1.807) is 18.2 Å². The van der Waals surface area contributed by atoms with E-state index in [1.807, 2.05) is 17.5 Å². The predicted molar refractivity (Wildman–Crippen MR) is 135 cm³/mol. The minimum Gasteiger partial charge on any atom is -0.335 e. The highest BCUT2D eigenvalue weighted by atomic mass is 32.2. The van der Waals surface area contributed by atoms with Crippen LogP contribution >= 0.6 is 23.1 Å². The third kappa shape index (κ3) is 4.97. The zero-order valence-electron chi connectivity index (χ0n) is 19.3. The summed E-state index contributed by atoms with van der Waals surface area (Å²) in [5.41, 5.74) is 3.07. The number of thiazole rings is 1. The summed E-state index contributed by atoms with van der Waals surface area (Å²) in [4.78, 5) is 18.0. The fourth-order valence-electron chi connectivity index (χ4n) is 3.34. The number of halogens is 1. The van der Waals surface area contributed by atoms with Crippen LogP contribution in [-0.2, 0) is 16.0 Å². The number of carbonyl (C=O) groups is 1. The highest BCUT2D eigenvalue weighted by molar-refractivity contribution is 7.98. The fourth-order valence-corrected chi connectivity index (χ4v) is 5.07. The normalized spacial score (nSPS) is 11.6. The van der Waals surface area contributed by atoms with Gasteiger partial charge in [-0.3, -0.25) is 9.69 Å². The monoisotopic (exact) mass is 496 g/mol. The summed E-state index contributed by atoms with van der Waals surface area (Å²) in [7, 11) is 0. The van der Waals surface area contributed by atoms with Gasteiger partial charge in [-0.25, -0.2) is 14.1 Å². The molecule has 2 aromatic carbocycles. The quantitative estimate of drug-likeness (QED) is 0.279. The van der Waals surface area contributed by atoms with Crippen LogP contribution in [0.1, 0.15) is 39.0 Å². The van der Waals surface area contributed by atoms with Gasteiger partial charge in [-0.2, -0.15) is 0 Å². The lowest BCUT2D eigenvalue weighted by Gasteiger charge is -2.19. The van der Waals surface area contributed by atoms with Crippen LogP contribution in [0.2, 0.25) is 0 Å². The third-order valence-corrected chi connectivity index (χ3v) is 7.01. The molecule has 0 aliphatic rings. The predicted octanol–water partition coefficient (Wildman–Crippen LogP) is 5.53. The molecule has 0 fully saturated rings. The van der Waals surface area contributed by atoms with Crippen molar-refractivity contribution in [1.82, 2.24) is 19.9 Å². The standard InChI is InChI=1S/C24H25FN6OS2/c1-15(32)30(20-8-6-5-7-19(20)25)22-27-18(13-33-22)14-34-23-29-28-21(31(23)26)16-9-11-17(12-10-16)24(2,3)4/h5-13H,14,26H2,1-4H3. The number of anilines is 2. The number of carbonyl (C=O) groups excluding carboxylic acids is 1. The molecule has 10 heteroatoms. The molecule has 0 atom stereocenters. The number of hydrogen-bond acceptors (Lipinski definition) is 7. The van der Waals surface area contributed by atoms with E-state index >= 15 is 0 Å². The van der Waals surface area contributed by atoms with Gasteiger partial charge < -0.3 is 5.84 Å². The lowest BCUT2D eigenvalue weighted by molar-refractivity contribution is -0.115. The second-order valence-electron chi connectivity index (χ2n) is 8.72. The number of rotatable bonds is 6. The zero-order chi connectivity index (χ0) is 24.5. The maximum atomic E-state index is 14.3. The summed E-state index contributed by atoms with van der Waals surface area (Å²) >= 11 is 2.66. The van der Waals surface area contributed by atoms with Crippen molar-refractivity contribution in [3.63, 3.8) is 0 Å². The summed E-state index contributed by atoms with van der Waals surface area (Å²) in [6, 6.07) is 14.3. The van der Waals surface area contributed by atoms with E-state index in [9.17, 15) is 9.18 Å². The average Bonchev–Trinajstić information content (AvgIpc) is 3.40. The molecule has 2 heterocycles. The first-order valence-corrected chi connectivity index (χ1v) is 12.5. The maximum Gasteiger partial charge on any atom is 0.230 e. The number of para-hydroxylation sites is 1. The van der Waals surface area contributed by atoms with Gasteiger partial charge in [-0.15, -0.1) is 21.5 Å². The minimum atomic E-state index is -0.483. The number of nitrogens with two attached hydrogens (primary N) is 1. The number of hydrogen-bond donors (Lipinski definition) is 1. The number of thioether (sulfide) groups is 1. The fraction of sp³-hybridized carbons (Fsp3) is 0.250. The van der Waals surface area contributed by atoms with Crippen LogP contribution in [0.3, 0.4) is 0 Å². The maximum absolute atomic E-state index is 14.3. The molecule has 0 radical (unpaired) electrons. The average molecular weight is 497 g/mol. The van der Waals surface area contributed by atoms with Crippen molar-refractivity contribution in [2.45, 2.75) is 44.0 Å². The van der Waals surface area contributed by atoms with Crippen molar-refractivity contribution < 1.29 is 9.18 Å². The van der Waals surface area contributed by atoms with Crippen molar-refractivity contribution in [2.75, 3.05) is 10.7 Å². The Morgan fingerprint density at radius 3 is 2.50 bits per heavy atom. The molecule has 0 aliphatic heterocycles.